The van der Waals surface area contributed by atoms with Crippen molar-refractivity contribution in [2.45, 2.75) is 56.9 Å². The molecular formula is C24H41IN4O2. The number of benzene rings is 1. The third kappa shape index (κ3) is 7.49. The van der Waals surface area contributed by atoms with Gasteiger partial charge in [0.25, 0.3) is 0 Å². The molecule has 0 spiro atoms. The fourth-order valence-corrected chi connectivity index (χ4v) is 4.73. The lowest BCUT2D eigenvalue weighted by molar-refractivity contribution is 0.0513. The van der Waals surface area contributed by atoms with E-state index in [1.807, 2.05) is 7.05 Å². The predicted octanol–water partition coefficient (Wildman–Crippen LogP) is 3.79. The van der Waals surface area contributed by atoms with Crippen LogP contribution in [-0.4, -0.2) is 70.5 Å². The Balaban J connectivity index is 0.00000341. The molecule has 1 aromatic carbocycles. The van der Waals surface area contributed by atoms with Crippen molar-refractivity contribution in [3.8, 4) is 5.75 Å². The van der Waals surface area contributed by atoms with Gasteiger partial charge in [-0.15, -0.1) is 24.0 Å². The first kappa shape index (κ1) is 26.2. The molecule has 176 valence electrons. The van der Waals surface area contributed by atoms with E-state index in [0.717, 1.165) is 69.9 Å². The van der Waals surface area contributed by atoms with E-state index in [9.17, 15) is 0 Å². The number of aliphatic imine (C=N–C) groups is 1. The van der Waals surface area contributed by atoms with Crippen molar-refractivity contribution in [3.05, 3.63) is 29.8 Å². The van der Waals surface area contributed by atoms with Crippen LogP contribution in [0, 0.1) is 0 Å². The highest BCUT2D eigenvalue weighted by atomic mass is 127. The smallest absolute Gasteiger partial charge is 0.191 e. The molecule has 2 fully saturated rings. The molecule has 0 saturated carbocycles. The van der Waals surface area contributed by atoms with Crippen LogP contribution in [0.3, 0.4) is 0 Å². The number of likely N-dealkylation sites (tertiary alicyclic amines) is 1. The fraction of sp³-hybridized carbons (Fsp3) is 0.708. The molecule has 1 unspecified atom stereocenters. The van der Waals surface area contributed by atoms with Crippen molar-refractivity contribution in [1.29, 1.82) is 0 Å². The van der Waals surface area contributed by atoms with Gasteiger partial charge in [-0.3, -0.25) is 4.99 Å². The molecule has 3 rings (SSSR count). The van der Waals surface area contributed by atoms with Crippen LogP contribution in [0.15, 0.2) is 29.3 Å². The number of hydrogen-bond acceptors (Lipinski definition) is 4. The minimum Gasteiger partial charge on any atom is -0.497 e. The molecule has 2 aliphatic rings. The Hall–Kier alpha value is -1.06. The maximum absolute atomic E-state index is 5.67. The van der Waals surface area contributed by atoms with Crippen molar-refractivity contribution in [1.82, 2.24) is 15.5 Å². The molecule has 31 heavy (non-hydrogen) atoms. The van der Waals surface area contributed by atoms with Gasteiger partial charge < -0.3 is 25.0 Å². The van der Waals surface area contributed by atoms with Gasteiger partial charge in [0.1, 0.15) is 5.75 Å². The fourth-order valence-electron chi connectivity index (χ4n) is 4.73. The summed E-state index contributed by atoms with van der Waals surface area (Å²) < 4.78 is 11.0. The van der Waals surface area contributed by atoms with Crippen LogP contribution >= 0.6 is 24.0 Å². The Morgan fingerprint density at radius 2 is 1.94 bits per heavy atom. The van der Waals surface area contributed by atoms with E-state index in [-0.39, 0.29) is 29.4 Å². The van der Waals surface area contributed by atoms with E-state index in [2.05, 4.69) is 51.7 Å². The number of guanidine groups is 1. The van der Waals surface area contributed by atoms with E-state index in [0.29, 0.717) is 0 Å². The molecule has 0 bridgehead atoms. The topological polar surface area (TPSA) is 58.1 Å². The molecule has 2 aliphatic heterocycles. The van der Waals surface area contributed by atoms with Crippen LogP contribution in [0.1, 0.15) is 51.0 Å². The van der Waals surface area contributed by atoms with E-state index in [4.69, 9.17) is 9.47 Å². The van der Waals surface area contributed by atoms with Gasteiger partial charge in [-0.1, -0.05) is 18.6 Å². The third-order valence-corrected chi connectivity index (χ3v) is 6.83. The van der Waals surface area contributed by atoms with Gasteiger partial charge in [-0.2, -0.15) is 0 Å². The first-order chi connectivity index (χ1) is 14.7. The molecule has 2 N–H and O–H groups in total. The standard InChI is InChI=1S/C24H40N4O2.HI/c1-20-7-4-5-15-28(20)16-6-14-26-23(25-2)27-19-24(12-17-30-18-13-24)21-8-10-22(29-3)11-9-21;/h8-11,20H,4-7,12-19H2,1-3H3,(H2,25,26,27);1H. The summed E-state index contributed by atoms with van der Waals surface area (Å²) in [5, 5.41) is 7.10. The second kappa shape index (κ2) is 13.5. The number of ether oxygens (including phenoxy) is 2. The van der Waals surface area contributed by atoms with Crippen molar-refractivity contribution in [2.75, 3.05) is 53.6 Å². The van der Waals surface area contributed by atoms with Crippen molar-refractivity contribution in [2.24, 2.45) is 4.99 Å². The Kier molecular flexibility index (Phi) is 11.4. The lowest BCUT2D eigenvalue weighted by Gasteiger charge is -2.38. The van der Waals surface area contributed by atoms with Gasteiger partial charge in [0, 0.05) is 51.4 Å². The summed E-state index contributed by atoms with van der Waals surface area (Å²) in [4.78, 5) is 7.08. The Bertz CT molecular complexity index is 662. The number of methoxy groups -OCH3 is 1. The normalized spacial score (nSPS) is 21.8. The monoisotopic (exact) mass is 544 g/mol. The largest absolute Gasteiger partial charge is 0.497 e. The van der Waals surface area contributed by atoms with Crippen molar-refractivity contribution < 1.29 is 9.47 Å². The quantitative estimate of drug-likeness (QED) is 0.226. The highest BCUT2D eigenvalue weighted by molar-refractivity contribution is 14.0. The number of halogens is 1. The second-order valence-corrected chi connectivity index (χ2v) is 8.71. The predicted molar refractivity (Wildman–Crippen MR) is 139 cm³/mol. The van der Waals surface area contributed by atoms with Crippen molar-refractivity contribution >= 4 is 29.9 Å². The SMILES string of the molecule is CN=C(NCCCN1CCCCC1C)NCC1(c2ccc(OC)cc2)CCOCC1.I. The zero-order valence-electron chi connectivity index (χ0n) is 19.5. The highest BCUT2D eigenvalue weighted by Gasteiger charge is 2.34. The van der Waals surface area contributed by atoms with Gasteiger partial charge in [0.2, 0.25) is 0 Å². The summed E-state index contributed by atoms with van der Waals surface area (Å²) in [7, 11) is 3.56. The van der Waals surface area contributed by atoms with Crippen molar-refractivity contribution in [3.63, 3.8) is 0 Å². The number of piperidine rings is 1. The Morgan fingerprint density at radius 1 is 1.19 bits per heavy atom. The average molecular weight is 545 g/mol. The molecule has 0 aliphatic carbocycles. The molecule has 1 atom stereocenters. The van der Waals surface area contributed by atoms with Gasteiger partial charge in [0.05, 0.1) is 7.11 Å². The molecule has 6 nitrogen and oxygen atoms in total. The molecule has 0 aromatic heterocycles. The maximum Gasteiger partial charge on any atom is 0.191 e. The number of nitrogens with one attached hydrogen (secondary N) is 2. The molecule has 0 radical (unpaired) electrons. The first-order valence-corrected chi connectivity index (χ1v) is 11.6. The summed E-state index contributed by atoms with van der Waals surface area (Å²) >= 11 is 0. The highest BCUT2D eigenvalue weighted by Crippen LogP contribution is 2.35. The second-order valence-electron chi connectivity index (χ2n) is 8.71. The van der Waals surface area contributed by atoms with Gasteiger partial charge in [-0.05, 0) is 63.3 Å². The summed E-state index contributed by atoms with van der Waals surface area (Å²) in [5.74, 6) is 1.79. The Morgan fingerprint density at radius 3 is 2.58 bits per heavy atom. The van der Waals surface area contributed by atoms with Gasteiger partial charge in [-0.25, -0.2) is 0 Å². The summed E-state index contributed by atoms with van der Waals surface area (Å²) in [6, 6.07) is 9.24. The van der Waals surface area contributed by atoms with Crippen LogP contribution in [0.5, 0.6) is 5.75 Å². The van der Waals surface area contributed by atoms with Crippen LogP contribution in [0.4, 0.5) is 0 Å². The number of rotatable bonds is 8. The third-order valence-electron chi connectivity index (χ3n) is 6.83. The summed E-state index contributed by atoms with van der Waals surface area (Å²) in [6.45, 7) is 8.17. The molecule has 7 heteroatoms. The molecular weight excluding hydrogens is 503 g/mol. The number of nitrogens with zero attached hydrogens (tertiary/aromatic N) is 2. The van der Waals surface area contributed by atoms with E-state index >= 15 is 0 Å². The van der Waals surface area contributed by atoms with Gasteiger partial charge in [0.15, 0.2) is 5.96 Å². The van der Waals surface area contributed by atoms with Crippen LogP contribution in [0.2, 0.25) is 0 Å². The maximum atomic E-state index is 5.67. The minimum atomic E-state index is 0. The lowest BCUT2D eigenvalue weighted by Crippen LogP contribution is -2.48. The van der Waals surface area contributed by atoms with Crippen LogP contribution in [-0.2, 0) is 10.2 Å². The Labute approximate surface area is 205 Å². The van der Waals surface area contributed by atoms with Crippen LogP contribution in [0.25, 0.3) is 0 Å². The molecule has 0 amide bonds. The van der Waals surface area contributed by atoms with Crippen LogP contribution < -0.4 is 15.4 Å². The molecule has 1 aromatic rings. The zero-order chi connectivity index (χ0) is 21.2. The number of hydrogen-bond donors (Lipinski definition) is 2. The first-order valence-electron chi connectivity index (χ1n) is 11.6. The van der Waals surface area contributed by atoms with E-state index in [1.54, 1.807) is 7.11 Å². The van der Waals surface area contributed by atoms with E-state index < -0.39 is 0 Å². The zero-order valence-corrected chi connectivity index (χ0v) is 21.8. The summed E-state index contributed by atoms with van der Waals surface area (Å²) in [5.41, 5.74) is 1.40. The molecule has 2 heterocycles. The molecule has 2 saturated heterocycles. The lowest BCUT2D eigenvalue weighted by atomic mass is 9.74. The van der Waals surface area contributed by atoms with E-state index in [1.165, 1.54) is 31.4 Å². The van der Waals surface area contributed by atoms with Gasteiger partial charge >= 0.3 is 0 Å². The summed E-state index contributed by atoms with van der Waals surface area (Å²) in [6.07, 6.45) is 7.23. The minimum absolute atomic E-state index is 0. The average Bonchev–Trinajstić information content (AvgIpc) is 2.80.